The van der Waals surface area contributed by atoms with Gasteiger partial charge in [-0.15, -0.1) is 0 Å². The number of ether oxygens (including phenoxy) is 5. The summed E-state index contributed by atoms with van der Waals surface area (Å²) in [5.41, 5.74) is 0.464. The molecule has 1 saturated carbocycles. The first-order chi connectivity index (χ1) is 11.3. The molecule has 4 heterocycles. The molecule has 1 aromatic carbocycles. The molecule has 5 fully saturated rings. The molecule has 1 N–H and O–H groups in total. The molecule has 6 heteroatoms. The fourth-order valence-electron chi connectivity index (χ4n) is 4.36. The van der Waals surface area contributed by atoms with Crippen LogP contribution in [0.5, 0.6) is 0 Å². The van der Waals surface area contributed by atoms with E-state index in [9.17, 15) is 5.11 Å². The average Bonchev–Trinajstić information content (AvgIpc) is 3.06. The van der Waals surface area contributed by atoms with Crippen molar-refractivity contribution in [2.45, 2.75) is 62.0 Å². The Labute approximate surface area is 134 Å². The van der Waals surface area contributed by atoms with E-state index in [0.29, 0.717) is 13.2 Å². The van der Waals surface area contributed by atoms with Crippen LogP contribution < -0.4 is 0 Å². The van der Waals surface area contributed by atoms with Crippen molar-refractivity contribution < 1.29 is 28.8 Å². The molecule has 7 atom stereocenters. The Morgan fingerprint density at radius 2 is 1.96 bits per heavy atom. The zero-order chi connectivity index (χ0) is 15.4. The van der Waals surface area contributed by atoms with E-state index in [4.69, 9.17) is 23.7 Å². The Hall–Kier alpha value is -1.02. The van der Waals surface area contributed by atoms with Crippen molar-refractivity contribution in [2.24, 2.45) is 0 Å². The highest BCUT2D eigenvalue weighted by Crippen LogP contribution is 2.51. The van der Waals surface area contributed by atoms with Gasteiger partial charge in [-0.05, 0) is 18.4 Å². The van der Waals surface area contributed by atoms with Gasteiger partial charge >= 0.3 is 0 Å². The fraction of sp³-hybridized carbons (Fsp3) is 0.647. The summed E-state index contributed by atoms with van der Waals surface area (Å²) >= 11 is 0. The summed E-state index contributed by atoms with van der Waals surface area (Å²) in [6, 6.07) is 9.96. The minimum atomic E-state index is -0.759. The zero-order valence-corrected chi connectivity index (χ0v) is 12.7. The molecular weight excluding hydrogens is 300 g/mol. The van der Waals surface area contributed by atoms with Gasteiger partial charge in [0, 0.05) is 6.61 Å². The highest BCUT2D eigenvalue weighted by atomic mass is 16.9. The first-order valence-electron chi connectivity index (χ1n) is 8.22. The smallest absolute Gasteiger partial charge is 0.273 e. The second-order valence-corrected chi connectivity index (χ2v) is 6.66. The molecule has 1 aliphatic carbocycles. The molecule has 4 aliphatic heterocycles. The lowest BCUT2D eigenvalue weighted by molar-refractivity contribution is -0.502. The molecule has 0 radical (unpaired) electrons. The van der Waals surface area contributed by atoms with Crippen LogP contribution in [-0.2, 0) is 30.3 Å². The predicted octanol–water partition coefficient (Wildman–Crippen LogP) is 0.962. The van der Waals surface area contributed by atoms with Crippen LogP contribution in [0, 0.1) is 0 Å². The third kappa shape index (κ3) is 2.03. The molecule has 5 aliphatic rings. The molecular formula is C17H20O6. The second kappa shape index (κ2) is 5.24. The lowest BCUT2D eigenvalue weighted by atomic mass is 9.71. The first-order valence-corrected chi connectivity index (χ1v) is 8.22. The third-order valence-corrected chi connectivity index (χ3v) is 5.38. The van der Waals surface area contributed by atoms with Crippen LogP contribution in [0.25, 0.3) is 0 Å². The quantitative estimate of drug-likeness (QED) is 0.895. The number of benzene rings is 1. The van der Waals surface area contributed by atoms with Gasteiger partial charge in [0.1, 0.15) is 36.1 Å². The molecule has 124 valence electrons. The first kappa shape index (κ1) is 14.3. The van der Waals surface area contributed by atoms with E-state index in [1.807, 2.05) is 30.3 Å². The van der Waals surface area contributed by atoms with E-state index in [1.165, 1.54) is 0 Å². The number of hydrogen-bond acceptors (Lipinski definition) is 6. The monoisotopic (exact) mass is 320 g/mol. The van der Waals surface area contributed by atoms with Crippen LogP contribution in [0.15, 0.2) is 30.3 Å². The van der Waals surface area contributed by atoms with Crippen molar-refractivity contribution >= 4 is 0 Å². The molecule has 4 bridgehead atoms. The topological polar surface area (TPSA) is 66.4 Å². The highest BCUT2D eigenvalue weighted by Gasteiger charge is 2.70. The van der Waals surface area contributed by atoms with Crippen LogP contribution in [0.3, 0.4) is 0 Å². The van der Waals surface area contributed by atoms with Gasteiger partial charge < -0.3 is 28.8 Å². The summed E-state index contributed by atoms with van der Waals surface area (Å²) in [4.78, 5) is 0. The summed E-state index contributed by atoms with van der Waals surface area (Å²) in [5, 5.41) is 10.7. The number of rotatable bonds is 3. The second-order valence-electron chi connectivity index (χ2n) is 6.66. The summed E-state index contributed by atoms with van der Waals surface area (Å²) in [5.74, 6) is 0. The number of hydrogen-bond donors (Lipinski definition) is 1. The van der Waals surface area contributed by atoms with Crippen molar-refractivity contribution in [1.82, 2.24) is 0 Å². The van der Waals surface area contributed by atoms with E-state index >= 15 is 0 Å². The Morgan fingerprint density at radius 3 is 2.74 bits per heavy atom. The molecule has 4 saturated heterocycles. The largest absolute Gasteiger partial charge is 0.387 e. The Kier molecular flexibility index (Phi) is 3.27. The van der Waals surface area contributed by atoms with E-state index in [2.05, 4.69) is 0 Å². The Bertz CT molecular complexity index is 572. The number of aliphatic hydroxyl groups excluding tert-OH is 1. The van der Waals surface area contributed by atoms with Crippen LogP contribution >= 0.6 is 0 Å². The minimum Gasteiger partial charge on any atom is -0.387 e. The molecule has 0 aromatic heterocycles. The average molecular weight is 320 g/mol. The number of aliphatic hydroxyl groups is 1. The van der Waals surface area contributed by atoms with Gasteiger partial charge in [-0.25, -0.2) is 0 Å². The van der Waals surface area contributed by atoms with Crippen LogP contribution in [0.4, 0.5) is 0 Å². The van der Waals surface area contributed by atoms with Gasteiger partial charge in [0.2, 0.25) is 0 Å². The van der Waals surface area contributed by atoms with Gasteiger partial charge in [0.05, 0.1) is 6.61 Å². The molecule has 0 unspecified atom stereocenters. The molecule has 1 spiro atoms. The summed E-state index contributed by atoms with van der Waals surface area (Å²) in [6.45, 7) is 0.392. The van der Waals surface area contributed by atoms with Gasteiger partial charge in [-0.2, -0.15) is 0 Å². The summed E-state index contributed by atoms with van der Waals surface area (Å²) < 4.78 is 29.4. The molecule has 6 nitrogen and oxygen atoms in total. The van der Waals surface area contributed by atoms with Crippen molar-refractivity contribution in [3.05, 3.63) is 35.9 Å². The van der Waals surface area contributed by atoms with E-state index in [1.54, 1.807) is 0 Å². The standard InChI is InChI=1S/C17H20O6/c18-11-12-13(19-9-10-5-2-1-3-6-10)15-17(7-4-8-20-17)14(11)22-16(21-12)23-15/h1-3,5-6,11-16,18H,4,7-9H2/t11-,12+,13+,14-,15+,16-,17+/m0/s1. The van der Waals surface area contributed by atoms with E-state index in [-0.39, 0.29) is 12.2 Å². The third-order valence-electron chi connectivity index (χ3n) is 5.38. The van der Waals surface area contributed by atoms with E-state index in [0.717, 1.165) is 18.4 Å². The fourth-order valence-corrected chi connectivity index (χ4v) is 4.36. The van der Waals surface area contributed by atoms with Gasteiger partial charge in [-0.1, -0.05) is 30.3 Å². The summed E-state index contributed by atoms with van der Waals surface area (Å²) in [7, 11) is 0. The van der Waals surface area contributed by atoms with Gasteiger partial charge in [0.15, 0.2) is 0 Å². The highest BCUT2D eigenvalue weighted by molar-refractivity contribution is 5.17. The molecule has 1 aromatic rings. The van der Waals surface area contributed by atoms with Crippen LogP contribution in [0.1, 0.15) is 18.4 Å². The van der Waals surface area contributed by atoms with Crippen molar-refractivity contribution in [2.75, 3.05) is 6.61 Å². The Balaban J connectivity index is 1.42. The summed E-state index contributed by atoms with van der Waals surface area (Å²) in [6.07, 6.45) is -0.470. The zero-order valence-electron chi connectivity index (χ0n) is 12.7. The SMILES string of the molecule is O[C@H]1[C@H]2O[C@@H]3O[C@H]([C@@H]2OCc2ccccc2)[C@@]2(CCCO2)[C@H]1O3. The van der Waals surface area contributed by atoms with Crippen molar-refractivity contribution in [3.63, 3.8) is 0 Å². The van der Waals surface area contributed by atoms with E-state index < -0.39 is 30.4 Å². The molecule has 23 heavy (non-hydrogen) atoms. The van der Waals surface area contributed by atoms with Gasteiger partial charge in [0.25, 0.3) is 6.48 Å². The van der Waals surface area contributed by atoms with Crippen molar-refractivity contribution in [1.29, 1.82) is 0 Å². The van der Waals surface area contributed by atoms with Crippen LogP contribution in [0.2, 0.25) is 0 Å². The molecule has 6 rings (SSSR count). The maximum atomic E-state index is 10.7. The predicted molar refractivity (Wildman–Crippen MR) is 77.3 cm³/mol. The Morgan fingerprint density at radius 1 is 1.13 bits per heavy atom. The minimum absolute atomic E-state index is 0.264. The maximum absolute atomic E-state index is 10.7. The lowest BCUT2D eigenvalue weighted by Crippen LogP contribution is -2.80. The van der Waals surface area contributed by atoms with Crippen LogP contribution in [-0.4, -0.2) is 54.3 Å². The normalized spacial score (nSPS) is 47.5. The maximum Gasteiger partial charge on any atom is 0.273 e. The van der Waals surface area contributed by atoms with Crippen molar-refractivity contribution in [3.8, 4) is 0 Å². The van der Waals surface area contributed by atoms with Gasteiger partial charge in [-0.3, -0.25) is 0 Å². The molecule has 0 amide bonds. The lowest BCUT2D eigenvalue weighted by Gasteiger charge is -2.61.